The highest BCUT2D eigenvalue weighted by Crippen LogP contribution is 2.49. The van der Waals surface area contributed by atoms with Gasteiger partial charge in [0.25, 0.3) is 5.91 Å². The topological polar surface area (TPSA) is 68.9 Å². The molecule has 7 nitrogen and oxygen atoms in total. The second-order valence-electron chi connectivity index (χ2n) is 9.81. The van der Waals surface area contributed by atoms with Crippen molar-refractivity contribution in [1.82, 2.24) is 19.7 Å². The molecular weight excluding hydrogens is 428 g/mol. The van der Waals surface area contributed by atoms with E-state index in [1.165, 1.54) is 4.90 Å². The molecule has 1 saturated heterocycles. The minimum atomic E-state index is -0.928. The van der Waals surface area contributed by atoms with Gasteiger partial charge in [0.1, 0.15) is 11.3 Å². The third-order valence-electron chi connectivity index (χ3n) is 7.75. The first-order valence-electron chi connectivity index (χ1n) is 12.1. The molecule has 1 fully saturated rings. The summed E-state index contributed by atoms with van der Waals surface area (Å²) in [6.07, 6.45) is 13.2. The Morgan fingerprint density at radius 1 is 1.12 bits per heavy atom. The first-order chi connectivity index (χ1) is 16.5. The fourth-order valence-corrected chi connectivity index (χ4v) is 5.94. The molecule has 4 heterocycles. The van der Waals surface area contributed by atoms with Crippen LogP contribution in [0.25, 0.3) is 10.9 Å². The average molecular weight is 459 g/mol. The van der Waals surface area contributed by atoms with E-state index < -0.39 is 5.54 Å². The molecule has 1 aromatic carbocycles. The standard InChI is InChI=1S/C27H30N4O3/c1-27-17-21-20-16-19(34-2)10-11-22(20)28-23(21)24(18-8-4-3-5-9-18)31(27)26(33)30(25(27)32)15-14-29-12-6-7-13-29/h4,6-11,16,24,28H,3,5,12-15,17H2,1-2H3/t24-,27?/m1/s1. The summed E-state index contributed by atoms with van der Waals surface area (Å²) in [5.74, 6) is 0.683. The molecular formula is C27H30N4O3. The van der Waals surface area contributed by atoms with E-state index in [-0.39, 0.29) is 18.0 Å². The first kappa shape index (κ1) is 21.2. The van der Waals surface area contributed by atoms with Crippen LogP contribution >= 0.6 is 0 Å². The SMILES string of the molecule is COc1ccc2[nH]c3c(c2c1)CC1(C)C(=O)N(CCN2CC=CC2)C(=O)N1[C@@H]3C1=CCCC=C1. The Morgan fingerprint density at radius 2 is 1.94 bits per heavy atom. The van der Waals surface area contributed by atoms with E-state index in [2.05, 4.69) is 40.3 Å². The minimum Gasteiger partial charge on any atom is -0.497 e. The van der Waals surface area contributed by atoms with Gasteiger partial charge in [0.15, 0.2) is 0 Å². The fourth-order valence-electron chi connectivity index (χ4n) is 5.94. The molecule has 4 aliphatic rings. The number of amides is 3. The summed E-state index contributed by atoms with van der Waals surface area (Å²) < 4.78 is 5.49. The van der Waals surface area contributed by atoms with Crippen LogP contribution in [0.5, 0.6) is 5.75 Å². The highest BCUT2D eigenvalue weighted by Gasteiger charge is 2.60. The number of allylic oxidation sites excluding steroid dienone is 2. The van der Waals surface area contributed by atoms with E-state index >= 15 is 0 Å². The zero-order valence-electron chi connectivity index (χ0n) is 19.7. The van der Waals surface area contributed by atoms with E-state index in [1.54, 1.807) is 7.11 Å². The van der Waals surface area contributed by atoms with Gasteiger partial charge in [0, 0.05) is 49.2 Å². The number of methoxy groups -OCH3 is 1. The zero-order valence-corrected chi connectivity index (χ0v) is 19.7. The van der Waals surface area contributed by atoms with Gasteiger partial charge in [-0.1, -0.05) is 30.4 Å². The summed E-state index contributed by atoms with van der Waals surface area (Å²) in [7, 11) is 1.66. The van der Waals surface area contributed by atoms with E-state index in [0.717, 1.165) is 59.4 Å². The van der Waals surface area contributed by atoms with Crippen molar-refractivity contribution in [3.8, 4) is 5.75 Å². The summed E-state index contributed by atoms with van der Waals surface area (Å²) in [5, 5.41) is 1.06. The molecule has 176 valence electrons. The van der Waals surface area contributed by atoms with Crippen LogP contribution in [0.15, 0.2) is 54.2 Å². The van der Waals surface area contributed by atoms with Crippen LogP contribution in [0.3, 0.4) is 0 Å². The number of rotatable bonds is 5. The minimum absolute atomic E-state index is 0.0991. The number of carbonyl (C=O) groups is 2. The number of nitrogens with one attached hydrogen (secondary N) is 1. The predicted octanol–water partition coefficient (Wildman–Crippen LogP) is 3.94. The van der Waals surface area contributed by atoms with E-state index in [1.807, 2.05) is 30.0 Å². The van der Waals surface area contributed by atoms with Gasteiger partial charge in [0.05, 0.1) is 13.2 Å². The number of aromatic nitrogens is 1. The number of fused-ring (bicyclic) bond motifs is 4. The first-order valence-corrected chi connectivity index (χ1v) is 12.1. The maximum atomic E-state index is 13.9. The van der Waals surface area contributed by atoms with Crippen molar-refractivity contribution < 1.29 is 14.3 Å². The lowest BCUT2D eigenvalue weighted by Crippen LogP contribution is -2.53. The van der Waals surface area contributed by atoms with E-state index in [9.17, 15) is 9.59 Å². The lowest BCUT2D eigenvalue weighted by Gasteiger charge is -2.43. The van der Waals surface area contributed by atoms with Gasteiger partial charge in [-0.15, -0.1) is 0 Å². The van der Waals surface area contributed by atoms with Crippen molar-refractivity contribution in [3.05, 3.63) is 65.4 Å². The second-order valence-corrected chi connectivity index (χ2v) is 9.81. The summed E-state index contributed by atoms with van der Waals surface area (Å²) in [6, 6.07) is 5.48. The predicted molar refractivity (Wildman–Crippen MR) is 131 cm³/mol. The molecule has 1 unspecified atom stereocenters. The molecule has 6 rings (SSSR count). The Bertz CT molecular complexity index is 1260. The molecule has 3 aliphatic heterocycles. The van der Waals surface area contributed by atoms with Gasteiger partial charge in [-0.2, -0.15) is 0 Å². The lowest BCUT2D eigenvalue weighted by atomic mass is 9.80. The van der Waals surface area contributed by atoms with Gasteiger partial charge in [-0.3, -0.25) is 19.5 Å². The van der Waals surface area contributed by atoms with Crippen molar-refractivity contribution in [3.63, 3.8) is 0 Å². The van der Waals surface area contributed by atoms with Crippen LogP contribution in [-0.2, 0) is 11.2 Å². The van der Waals surface area contributed by atoms with Crippen molar-refractivity contribution in [1.29, 1.82) is 0 Å². The molecule has 1 aliphatic carbocycles. The molecule has 2 aromatic rings. The largest absolute Gasteiger partial charge is 0.497 e. The summed E-state index contributed by atoms with van der Waals surface area (Å²) in [5.41, 5.74) is 3.25. The second kappa shape index (κ2) is 7.87. The smallest absolute Gasteiger partial charge is 0.328 e. The number of benzene rings is 1. The number of hydrogen-bond donors (Lipinski definition) is 1. The molecule has 2 atom stereocenters. The number of aromatic amines is 1. The maximum absolute atomic E-state index is 13.9. The quantitative estimate of drug-likeness (QED) is 0.544. The molecule has 7 heteroatoms. The lowest BCUT2D eigenvalue weighted by molar-refractivity contribution is -0.133. The van der Waals surface area contributed by atoms with E-state index in [0.29, 0.717) is 19.5 Å². The van der Waals surface area contributed by atoms with Gasteiger partial charge in [-0.25, -0.2) is 4.79 Å². The molecule has 1 aromatic heterocycles. The third-order valence-corrected chi connectivity index (χ3v) is 7.75. The molecule has 0 spiro atoms. The molecule has 0 saturated carbocycles. The number of imide groups is 1. The summed E-state index contributed by atoms with van der Waals surface area (Å²) in [6.45, 7) is 4.78. The summed E-state index contributed by atoms with van der Waals surface area (Å²) >= 11 is 0. The Balaban J connectivity index is 1.45. The Labute approximate surface area is 199 Å². The third kappa shape index (κ3) is 3.06. The summed E-state index contributed by atoms with van der Waals surface area (Å²) in [4.78, 5) is 36.9. The van der Waals surface area contributed by atoms with Gasteiger partial charge in [0.2, 0.25) is 0 Å². The number of ether oxygens (including phenoxy) is 1. The van der Waals surface area contributed by atoms with Crippen LogP contribution in [0.4, 0.5) is 4.79 Å². The van der Waals surface area contributed by atoms with Crippen LogP contribution in [0.1, 0.15) is 37.1 Å². The fraction of sp³-hybridized carbons (Fsp3) is 0.407. The van der Waals surface area contributed by atoms with Crippen molar-refractivity contribution >= 4 is 22.8 Å². The zero-order chi connectivity index (χ0) is 23.4. The Hall–Kier alpha value is -3.32. The normalized spacial score (nSPS) is 26.4. The molecule has 3 amide bonds. The van der Waals surface area contributed by atoms with Crippen molar-refractivity contribution in [2.45, 2.75) is 37.8 Å². The monoisotopic (exact) mass is 458 g/mol. The molecule has 0 bridgehead atoms. The Kier molecular flexibility index (Phi) is 4.92. The number of hydrogen-bond acceptors (Lipinski definition) is 4. The number of urea groups is 1. The van der Waals surface area contributed by atoms with Crippen LogP contribution < -0.4 is 4.74 Å². The van der Waals surface area contributed by atoms with Crippen LogP contribution in [-0.4, -0.2) is 70.4 Å². The van der Waals surface area contributed by atoms with Crippen molar-refractivity contribution in [2.24, 2.45) is 0 Å². The van der Waals surface area contributed by atoms with Crippen LogP contribution in [0.2, 0.25) is 0 Å². The highest BCUT2D eigenvalue weighted by atomic mass is 16.5. The van der Waals surface area contributed by atoms with Gasteiger partial charge in [-0.05, 0) is 49.1 Å². The molecule has 34 heavy (non-hydrogen) atoms. The molecule has 0 radical (unpaired) electrons. The number of nitrogens with zero attached hydrogens (tertiary/aromatic N) is 3. The van der Waals surface area contributed by atoms with E-state index in [4.69, 9.17) is 4.74 Å². The number of carbonyl (C=O) groups excluding carboxylic acids is 2. The van der Waals surface area contributed by atoms with Gasteiger partial charge < -0.3 is 9.72 Å². The van der Waals surface area contributed by atoms with Gasteiger partial charge >= 0.3 is 6.03 Å². The highest BCUT2D eigenvalue weighted by molar-refractivity contribution is 6.08. The maximum Gasteiger partial charge on any atom is 0.328 e. The van der Waals surface area contributed by atoms with Crippen LogP contribution in [0, 0.1) is 0 Å². The molecule has 1 N–H and O–H groups in total. The average Bonchev–Trinajstić information content (AvgIpc) is 3.54. The Morgan fingerprint density at radius 3 is 2.68 bits per heavy atom. The number of H-pyrrole nitrogens is 1. The van der Waals surface area contributed by atoms with Crippen molar-refractivity contribution in [2.75, 3.05) is 33.3 Å².